The number of benzene rings is 1. The molecule has 1 aromatic carbocycles. The molecule has 86 valence electrons. The maximum Gasteiger partial charge on any atom is 0.232 e. The van der Waals surface area contributed by atoms with Crippen molar-refractivity contribution in [2.45, 2.75) is 32.6 Å². The fourth-order valence-electron chi connectivity index (χ4n) is 2.44. The van der Waals surface area contributed by atoms with Crippen LogP contribution in [0.25, 0.3) is 0 Å². The lowest BCUT2D eigenvalue weighted by Crippen LogP contribution is -2.18. The van der Waals surface area contributed by atoms with Crippen molar-refractivity contribution in [3.8, 4) is 0 Å². The predicted molar refractivity (Wildman–Crippen MR) is 61.8 cm³/mol. The second-order valence-corrected chi connectivity index (χ2v) is 4.46. The Morgan fingerprint density at radius 1 is 1.50 bits per heavy atom. The van der Waals surface area contributed by atoms with Crippen molar-refractivity contribution in [1.29, 1.82) is 0 Å². The predicted octanol–water partition coefficient (Wildman–Crippen LogP) is 3.30. The Balaban J connectivity index is 2.34. The number of anilines is 1. The van der Waals surface area contributed by atoms with E-state index in [0.717, 1.165) is 24.1 Å². The summed E-state index contributed by atoms with van der Waals surface area (Å²) in [5, 5.41) is 2.81. The highest BCUT2D eigenvalue weighted by atomic mass is 19.1. The molecule has 0 saturated heterocycles. The highest BCUT2D eigenvalue weighted by Gasteiger charge is 2.34. The number of fused-ring (bicyclic) bond motifs is 1. The van der Waals surface area contributed by atoms with Gasteiger partial charge in [-0.2, -0.15) is 0 Å². The average molecular weight is 221 g/mol. The Morgan fingerprint density at radius 2 is 2.25 bits per heavy atom. The minimum absolute atomic E-state index is 0.00144. The molecule has 1 aliphatic rings. The summed E-state index contributed by atoms with van der Waals surface area (Å²) in [7, 11) is 0. The third-order valence-corrected chi connectivity index (χ3v) is 3.20. The fraction of sp³-hybridized carbons (Fsp3) is 0.462. The second-order valence-electron chi connectivity index (χ2n) is 4.46. The summed E-state index contributed by atoms with van der Waals surface area (Å²) in [6.45, 7) is 4.14. The number of amides is 1. The van der Waals surface area contributed by atoms with Gasteiger partial charge in [0.1, 0.15) is 5.82 Å². The first-order chi connectivity index (χ1) is 7.63. The van der Waals surface area contributed by atoms with E-state index in [2.05, 4.69) is 12.2 Å². The standard InChI is InChI=1S/C13H16FNO/c1-3-4-8(2)12-10-7-9(14)5-6-11(10)15-13(12)16/h5-8,12H,3-4H2,1-2H3,(H,15,16). The van der Waals surface area contributed by atoms with Gasteiger partial charge in [-0.1, -0.05) is 20.3 Å². The van der Waals surface area contributed by atoms with Gasteiger partial charge < -0.3 is 5.32 Å². The van der Waals surface area contributed by atoms with Gasteiger partial charge in [0.15, 0.2) is 0 Å². The molecule has 1 N–H and O–H groups in total. The molecule has 2 rings (SSSR count). The average Bonchev–Trinajstić information content (AvgIpc) is 2.53. The second kappa shape index (κ2) is 4.24. The van der Waals surface area contributed by atoms with Crippen molar-refractivity contribution in [1.82, 2.24) is 0 Å². The molecule has 1 heterocycles. The largest absolute Gasteiger partial charge is 0.325 e. The molecule has 0 radical (unpaired) electrons. The van der Waals surface area contributed by atoms with Gasteiger partial charge in [-0.05, 0) is 36.1 Å². The van der Waals surface area contributed by atoms with E-state index in [1.165, 1.54) is 12.1 Å². The van der Waals surface area contributed by atoms with E-state index in [1.54, 1.807) is 6.07 Å². The molecular formula is C13H16FNO. The van der Waals surface area contributed by atoms with Gasteiger partial charge in [-0.25, -0.2) is 4.39 Å². The molecule has 1 aliphatic heterocycles. The number of carbonyl (C=O) groups excluding carboxylic acids is 1. The molecule has 2 unspecified atom stereocenters. The van der Waals surface area contributed by atoms with E-state index in [0.29, 0.717) is 0 Å². The monoisotopic (exact) mass is 221 g/mol. The Morgan fingerprint density at radius 3 is 2.94 bits per heavy atom. The van der Waals surface area contributed by atoms with Crippen LogP contribution >= 0.6 is 0 Å². The minimum Gasteiger partial charge on any atom is -0.325 e. The van der Waals surface area contributed by atoms with Crippen LogP contribution in [0.4, 0.5) is 10.1 Å². The van der Waals surface area contributed by atoms with Crippen LogP contribution in [0.1, 0.15) is 38.2 Å². The zero-order valence-electron chi connectivity index (χ0n) is 9.59. The summed E-state index contributed by atoms with van der Waals surface area (Å²) in [6.07, 6.45) is 2.02. The zero-order chi connectivity index (χ0) is 11.7. The first-order valence-electron chi connectivity index (χ1n) is 5.73. The van der Waals surface area contributed by atoms with E-state index in [1.807, 2.05) is 6.92 Å². The molecule has 0 fully saturated rings. The first-order valence-corrected chi connectivity index (χ1v) is 5.73. The van der Waals surface area contributed by atoms with Crippen molar-refractivity contribution in [3.63, 3.8) is 0 Å². The van der Waals surface area contributed by atoms with Crippen LogP contribution in [0, 0.1) is 11.7 Å². The lowest BCUT2D eigenvalue weighted by molar-refractivity contribution is -0.118. The normalized spacial score (nSPS) is 20.4. The van der Waals surface area contributed by atoms with Gasteiger partial charge in [0.25, 0.3) is 0 Å². The number of carbonyl (C=O) groups is 1. The maximum atomic E-state index is 13.2. The van der Waals surface area contributed by atoms with Gasteiger partial charge in [-0.15, -0.1) is 0 Å². The van der Waals surface area contributed by atoms with Crippen molar-refractivity contribution < 1.29 is 9.18 Å². The minimum atomic E-state index is -0.274. The van der Waals surface area contributed by atoms with Crippen LogP contribution < -0.4 is 5.32 Å². The van der Waals surface area contributed by atoms with Gasteiger partial charge in [0.2, 0.25) is 5.91 Å². The first kappa shape index (κ1) is 11.1. The molecule has 0 saturated carbocycles. The molecule has 1 aromatic rings. The lowest BCUT2D eigenvalue weighted by atomic mass is 9.85. The van der Waals surface area contributed by atoms with Crippen LogP contribution in [-0.2, 0) is 4.79 Å². The van der Waals surface area contributed by atoms with E-state index >= 15 is 0 Å². The van der Waals surface area contributed by atoms with Gasteiger partial charge in [0.05, 0.1) is 5.92 Å². The quantitative estimate of drug-likeness (QED) is 0.833. The van der Waals surface area contributed by atoms with E-state index in [4.69, 9.17) is 0 Å². The molecule has 2 atom stereocenters. The van der Waals surface area contributed by atoms with Crippen LogP contribution in [0.15, 0.2) is 18.2 Å². The zero-order valence-corrected chi connectivity index (χ0v) is 9.59. The smallest absolute Gasteiger partial charge is 0.232 e. The van der Waals surface area contributed by atoms with Crippen molar-refractivity contribution in [3.05, 3.63) is 29.6 Å². The van der Waals surface area contributed by atoms with E-state index in [-0.39, 0.29) is 23.6 Å². The summed E-state index contributed by atoms with van der Waals surface area (Å²) < 4.78 is 13.2. The Hall–Kier alpha value is -1.38. The molecule has 2 nitrogen and oxygen atoms in total. The molecule has 0 aromatic heterocycles. The van der Waals surface area contributed by atoms with Crippen LogP contribution in [0.5, 0.6) is 0 Å². The van der Waals surface area contributed by atoms with E-state index in [9.17, 15) is 9.18 Å². The summed E-state index contributed by atoms with van der Waals surface area (Å²) in [4.78, 5) is 11.8. The van der Waals surface area contributed by atoms with Gasteiger partial charge >= 0.3 is 0 Å². The Bertz CT molecular complexity index is 416. The van der Waals surface area contributed by atoms with Crippen LogP contribution in [0.3, 0.4) is 0 Å². The maximum absolute atomic E-state index is 13.2. The summed E-state index contributed by atoms with van der Waals surface area (Å²) in [6, 6.07) is 4.50. The summed E-state index contributed by atoms with van der Waals surface area (Å²) in [5.41, 5.74) is 1.57. The molecule has 16 heavy (non-hydrogen) atoms. The lowest BCUT2D eigenvalue weighted by Gasteiger charge is -2.16. The molecule has 3 heteroatoms. The third kappa shape index (κ3) is 1.82. The summed E-state index contributed by atoms with van der Waals surface area (Å²) >= 11 is 0. The summed E-state index contributed by atoms with van der Waals surface area (Å²) in [5.74, 6) is -0.204. The number of rotatable bonds is 3. The Labute approximate surface area is 94.9 Å². The van der Waals surface area contributed by atoms with Crippen molar-refractivity contribution >= 4 is 11.6 Å². The van der Waals surface area contributed by atoms with Gasteiger partial charge in [0, 0.05) is 5.69 Å². The SMILES string of the molecule is CCCC(C)C1C(=O)Nc2ccc(F)cc21. The topological polar surface area (TPSA) is 29.1 Å². The van der Waals surface area contributed by atoms with Crippen LogP contribution in [0.2, 0.25) is 0 Å². The number of nitrogens with one attached hydrogen (secondary N) is 1. The number of hydrogen-bond acceptors (Lipinski definition) is 1. The molecular weight excluding hydrogens is 205 g/mol. The van der Waals surface area contributed by atoms with Gasteiger partial charge in [-0.3, -0.25) is 4.79 Å². The third-order valence-electron chi connectivity index (χ3n) is 3.20. The molecule has 1 amide bonds. The van der Waals surface area contributed by atoms with Crippen LogP contribution in [-0.4, -0.2) is 5.91 Å². The van der Waals surface area contributed by atoms with Crippen molar-refractivity contribution in [2.75, 3.05) is 5.32 Å². The number of halogens is 1. The molecule has 0 bridgehead atoms. The van der Waals surface area contributed by atoms with Crippen molar-refractivity contribution in [2.24, 2.45) is 5.92 Å². The number of hydrogen-bond donors (Lipinski definition) is 1. The fourth-order valence-corrected chi connectivity index (χ4v) is 2.44. The highest BCUT2D eigenvalue weighted by molar-refractivity contribution is 6.03. The Kier molecular flexibility index (Phi) is 2.95. The highest BCUT2D eigenvalue weighted by Crippen LogP contribution is 2.39. The van der Waals surface area contributed by atoms with E-state index < -0.39 is 0 Å². The molecule has 0 aliphatic carbocycles. The molecule has 0 spiro atoms.